The first-order valence-electron chi connectivity index (χ1n) is 9.58. The first-order chi connectivity index (χ1) is 14.7. The molecule has 0 aliphatic rings. The Bertz CT molecular complexity index is 1120. The molecule has 3 rings (SSSR count). The van der Waals surface area contributed by atoms with Gasteiger partial charge in [-0.05, 0) is 118 Å². The Morgan fingerprint density at radius 1 is 0.344 bits per heavy atom. The molecule has 0 radical (unpaired) electrons. The van der Waals surface area contributed by atoms with E-state index in [1.807, 2.05) is 41.5 Å². The lowest BCUT2D eigenvalue weighted by molar-refractivity contribution is 0.458. The average Bonchev–Trinajstić information content (AvgIpc) is 2.76. The van der Waals surface area contributed by atoms with Crippen molar-refractivity contribution >= 4 is 95.6 Å². The lowest BCUT2D eigenvalue weighted by Gasteiger charge is -2.24. The summed E-state index contributed by atoms with van der Waals surface area (Å²) in [5.41, 5.74) is 8.85. The van der Waals surface area contributed by atoms with Crippen LogP contribution in [0, 0.1) is 41.5 Å². The zero-order valence-electron chi connectivity index (χ0n) is 18.2. The van der Waals surface area contributed by atoms with E-state index in [-0.39, 0.29) is 11.5 Å². The largest absolute Gasteiger partial charge is 0.506 e. The number of hydrogen-bond donors (Lipinski definition) is 2. The lowest BCUT2D eigenvalue weighted by Crippen LogP contribution is -2.00. The van der Waals surface area contributed by atoms with Crippen molar-refractivity contribution in [2.24, 2.45) is 0 Å². The number of rotatable bonds is 2. The second kappa shape index (κ2) is 9.65. The van der Waals surface area contributed by atoms with Crippen LogP contribution >= 0.6 is 95.6 Å². The minimum absolute atomic E-state index is 0.0603. The van der Waals surface area contributed by atoms with Crippen LogP contribution in [0.1, 0.15) is 33.4 Å². The first kappa shape index (κ1) is 26.7. The monoisotopic (exact) mass is 814 g/mol. The second-order valence-corrected chi connectivity index (χ2v) is 12.6. The van der Waals surface area contributed by atoms with Crippen molar-refractivity contribution in [1.29, 1.82) is 0 Å². The summed E-state index contributed by atoms with van der Waals surface area (Å²) in [7, 11) is 0. The van der Waals surface area contributed by atoms with E-state index in [2.05, 4.69) is 95.6 Å². The molecule has 8 heteroatoms. The molecule has 32 heavy (non-hydrogen) atoms. The summed E-state index contributed by atoms with van der Waals surface area (Å²) in [5, 5.41) is 22.9. The molecule has 3 aromatic carbocycles. The van der Waals surface area contributed by atoms with Crippen molar-refractivity contribution in [2.75, 3.05) is 0 Å². The molecule has 0 bridgehead atoms. The van der Waals surface area contributed by atoms with Crippen molar-refractivity contribution < 1.29 is 10.2 Å². The van der Waals surface area contributed by atoms with E-state index in [1.54, 1.807) is 0 Å². The van der Waals surface area contributed by atoms with Gasteiger partial charge in [0.2, 0.25) is 0 Å². The summed E-state index contributed by atoms with van der Waals surface area (Å²) in [6, 6.07) is 0. The molecule has 0 heterocycles. The molecule has 0 fully saturated rings. The molecule has 0 saturated carbocycles. The topological polar surface area (TPSA) is 40.5 Å². The van der Waals surface area contributed by atoms with Gasteiger partial charge in [-0.3, -0.25) is 0 Å². The maximum Gasteiger partial charge on any atom is 0.139 e. The third-order valence-electron chi connectivity index (χ3n) is 5.96. The summed E-state index contributed by atoms with van der Waals surface area (Å²) >= 11 is 21.9. The molecule has 0 saturated heterocycles. The first-order valence-corrected chi connectivity index (χ1v) is 14.3. The van der Waals surface area contributed by atoms with Crippen LogP contribution in [-0.4, -0.2) is 10.2 Å². The third kappa shape index (κ3) is 3.98. The Labute approximate surface area is 239 Å². The number of benzene rings is 3. The molecule has 0 atom stereocenters. The van der Waals surface area contributed by atoms with Gasteiger partial charge in [-0.25, -0.2) is 0 Å². The zero-order valence-corrected chi connectivity index (χ0v) is 27.7. The maximum absolute atomic E-state index is 11.4. The number of phenols is 2. The van der Waals surface area contributed by atoms with Gasteiger partial charge in [-0.1, -0.05) is 63.7 Å². The molecule has 0 aromatic heterocycles. The van der Waals surface area contributed by atoms with Gasteiger partial charge in [0.05, 0.1) is 8.95 Å². The van der Waals surface area contributed by atoms with E-state index in [0.717, 1.165) is 62.4 Å². The van der Waals surface area contributed by atoms with Crippen molar-refractivity contribution in [2.45, 2.75) is 41.5 Å². The van der Waals surface area contributed by atoms with E-state index in [1.165, 1.54) is 0 Å². The van der Waals surface area contributed by atoms with Crippen LogP contribution in [0.2, 0.25) is 0 Å². The molecule has 0 amide bonds. The van der Waals surface area contributed by atoms with Gasteiger partial charge in [0.25, 0.3) is 0 Å². The highest BCUT2D eigenvalue weighted by Gasteiger charge is 2.29. The smallest absolute Gasteiger partial charge is 0.139 e. The van der Waals surface area contributed by atoms with Gasteiger partial charge in [0.1, 0.15) is 11.5 Å². The second-order valence-electron chi connectivity index (χ2n) is 7.83. The van der Waals surface area contributed by atoms with Gasteiger partial charge in [0, 0.05) is 29.0 Å². The van der Waals surface area contributed by atoms with E-state index < -0.39 is 0 Å². The summed E-state index contributed by atoms with van der Waals surface area (Å²) < 4.78 is 4.69. The molecule has 0 aliphatic heterocycles. The summed E-state index contributed by atoms with van der Waals surface area (Å²) in [6.45, 7) is 12.1. The minimum atomic E-state index is 0.0603. The maximum atomic E-state index is 11.4. The Kier molecular flexibility index (Phi) is 8.06. The van der Waals surface area contributed by atoms with Gasteiger partial charge in [-0.15, -0.1) is 0 Å². The highest BCUT2D eigenvalue weighted by atomic mass is 79.9. The summed E-state index contributed by atoms with van der Waals surface area (Å²) in [5.74, 6) is 0.121. The number of aromatic hydroxyl groups is 2. The van der Waals surface area contributed by atoms with Crippen LogP contribution < -0.4 is 0 Å². The fourth-order valence-electron chi connectivity index (χ4n) is 4.19. The SMILES string of the molecule is Cc1c(Br)c(C)c(-c2c(O)c(Br)c(-c3c(C)c(Br)c(C)c(Br)c3C)c(O)c2Br)c(C)c1Br. The predicted octanol–water partition coefficient (Wildman–Crippen LogP) is 10.9. The fraction of sp³-hybridized carbons (Fsp3) is 0.250. The highest BCUT2D eigenvalue weighted by Crippen LogP contribution is 2.56. The average molecular weight is 820 g/mol. The third-order valence-corrected chi connectivity index (χ3v) is 12.3. The lowest BCUT2D eigenvalue weighted by atomic mass is 9.88. The highest BCUT2D eigenvalue weighted by molar-refractivity contribution is 9.11. The molecule has 0 unspecified atom stereocenters. The van der Waals surface area contributed by atoms with Crippen LogP contribution in [0.5, 0.6) is 11.5 Å². The number of hydrogen-bond acceptors (Lipinski definition) is 2. The molecule has 3 aromatic rings. The molecule has 0 spiro atoms. The van der Waals surface area contributed by atoms with Crippen molar-refractivity contribution in [1.82, 2.24) is 0 Å². The molecule has 170 valence electrons. The van der Waals surface area contributed by atoms with Gasteiger partial charge >= 0.3 is 0 Å². The van der Waals surface area contributed by atoms with Crippen LogP contribution in [0.4, 0.5) is 0 Å². The molecular formula is C24H20Br6O2. The Hall–Kier alpha value is 0.140. The zero-order chi connectivity index (χ0) is 24.4. The normalized spacial score (nSPS) is 11.4. The van der Waals surface area contributed by atoms with E-state index in [9.17, 15) is 10.2 Å². The van der Waals surface area contributed by atoms with E-state index in [0.29, 0.717) is 20.1 Å². The van der Waals surface area contributed by atoms with E-state index >= 15 is 0 Å². The number of halogens is 6. The van der Waals surface area contributed by atoms with Crippen molar-refractivity contribution in [3.05, 3.63) is 60.2 Å². The number of phenolic OH excluding ortho intramolecular Hbond substituents is 2. The standard InChI is InChI=1S/C24H20Br6O2/c1-7-13(8(2)18(26)11(5)17(7)25)15-21(29)24(32)16(22(30)23(15)31)14-9(3)19(27)12(6)20(28)10(14)4/h31-32H,1-6H3. The fourth-order valence-corrected chi connectivity index (χ4v) is 7.48. The van der Waals surface area contributed by atoms with Gasteiger partial charge in [-0.2, -0.15) is 0 Å². The van der Waals surface area contributed by atoms with Crippen molar-refractivity contribution in [3.8, 4) is 33.8 Å². The Morgan fingerprint density at radius 3 is 0.781 bits per heavy atom. The van der Waals surface area contributed by atoms with Gasteiger partial charge < -0.3 is 10.2 Å². The Balaban J connectivity index is 2.50. The van der Waals surface area contributed by atoms with E-state index in [4.69, 9.17) is 0 Å². The van der Waals surface area contributed by atoms with Crippen LogP contribution in [0.25, 0.3) is 22.3 Å². The quantitative estimate of drug-likeness (QED) is 0.253. The Morgan fingerprint density at radius 2 is 0.562 bits per heavy atom. The molecule has 2 nitrogen and oxygen atoms in total. The minimum Gasteiger partial charge on any atom is -0.506 e. The van der Waals surface area contributed by atoms with Gasteiger partial charge in [0.15, 0.2) is 0 Å². The van der Waals surface area contributed by atoms with Crippen LogP contribution in [0.15, 0.2) is 26.8 Å². The van der Waals surface area contributed by atoms with Crippen LogP contribution in [0.3, 0.4) is 0 Å². The van der Waals surface area contributed by atoms with Crippen LogP contribution in [-0.2, 0) is 0 Å². The predicted molar refractivity (Wildman–Crippen MR) is 155 cm³/mol. The molecule has 2 N–H and O–H groups in total. The van der Waals surface area contributed by atoms with Crippen molar-refractivity contribution in [3.63, 3.8) is 0 Å². The molecule has 0 aliphatic carbocycles. The summed E-state index contributed by atoms with van der Waals surface area (Å²) in [6.07, 6.45) is 0. The molecular weight excluding hydrogens is 800 g/mol. The summed E-state index contributed by atoms with van der Waals surface area (Å²) in [4.78, 5) is 0.